The van der Waals surface area contributed by atoms with E-state index in [0.29, 0.717) is 0 Å². The third-order valence-electron chi connectivity index (χ3n) is 18.0. The summed E-state index contributed by atoms with van der Waals surface area (Å²) in [6.07, 6.45) is 0. The summed E-state index contributed by atoms with van der Waals surface area (Å²) in [5.74, 6) is 0. The third kappa shape index (κ3) is 7.63. The van der Waals surface area contributed by atoms with Gasteiger partial charge >= 0.3 is 0 Å². The van der Waals surface area contributed by atoms with E-state index in [1.807, 2.05) is 23.5 Å². The van der Waals surface area contributed by atoms with E-state index in [0.717, 1.165) is 45.5 Å². The van der Waals surface area contributed by atoms with E-state index in [1.165, 1.54) is 107 Å². The molecule has 0 spiro atoms. The Morgan fingerprint density at radius 2 is 0.547 bits per heavy atom. The van der Waals surface area contributed by atoms with Crippen molar-refractivity contribution in [1.29, 1.82) is 0 Å². The van der Waals surface area contributed by atoms with Gasteiger partial charge in [0.25, 0.3) is 0 Å². The highest BCUT2D eigenvalue weighted by atomic mass is 32.2. The number of anilines is 12. The lowest BCUT2D eigenvalue weighted by molar-refractivity contribution is 1.23. The first-order chi connectivity index (χ1) is 42.7. The number of hydrogen-bond donors (Lipinski definition) is 0. The molecular formula is C78H50B2N4S2. The van der Waals surface area contributed by atoms with Gasteiger partial charge in [0, 0.05) is 87.8 Å². The van der Waals surface area contributed by atoms with Crippen LogP contribution >= 0.6 is 23.5 Å². The van der Waals surface area contributed by atoms with Gasteiger partial charge in [0.15, 0.2) is 0 Å². The Labute approximate surface area is 509 Å². The SMILES string of the molecule is c1ccc(N(c2ccccc2)c2cc3c4c(c2)N(c2ccccc2)c2cc5c6ccccc6c6cc7c(cc6c5cc2B4c2ccccc2S3)B2c3ccccc3Sc3cc(N(c4ccccc4)c4ccccc4)cc(c32)N7c2ccccc2)cc1. The standard InChI is InChI=1S/C78H50B2N4S2/c1-7-25-51(26-8-1)81(52-27-9-2-10-28-52)57-43-71-77-75(45-57)85-73-41-23-21-39-65(73)79(77)67-47-61-62-48-68-70(50-64(62)60-38-20-19-37-59(60)63(61)49-69(67)83(71)55-33-15-5-16-34-55)84(56-35-17-6-18-36-56)72-44-58(46-76-78(72)80(68)66-40-22-24-42-74(66)86-76)82(53-29-11-3-12-30-53)54-31-13-4-14-32-54/h1-50H. The van der Waals surface area contributed by atoms with E-state index in [9.17, 15) is 0 Å². The Bertz CT molecular complexity index is 4640. The topological polar surface area (TPSA) is 13.0 Å². The molecule has 0 unspecified atom stereocenters. The zero-order valence-corrected chi connectivity index (χ0v) is 48.3. The van der Waals surface area contributed by atoms with Crippen LogP contribution in [0.1, 0.15) is 0 Å². The van der Waals surface area contributed by atoms with Gasteiger partial charge in [-0.25, -0.2) is 0 Å². The predicted molar refractivity (Wildman–Crippen MR) is 368 cm³/mol. The Hall–Kier alpha value is -10.1. The molecule has 400 valence electrons. The smallest absolute Gasteiger partial charge is 0.249 e. The maximum absolute atomic E-state index is 2.61. The average molecular weight is 1130 g/mol. The van der Waals surface area contributed by atoms with Crippen LogP contribution in [0.2, 0.25) is 0 Å². The van der Waals surface area contributed by atoms with Crippen LogP contribution in [0.4, 0.5) is 68.2 Å². The van der Waals surface area contributed by atoms with Gasteiger partial charge in [0.05, 0.1) is 0 Å². The highest BCUT2D eigenvalue weighted by Gasteiger charge is 2.44. The molecule has 0 saturated heterocycles. The van der Waals surface area contributed by atoms with Crippen LogP contribution < -0.4 is 52.4 Å². The molecule has 0 radical (unpaired) electrons. The van der Waals surface area contributed by atoms with Crippen molar-refractivity contribution in [1.82, 2.24) is 0 Å². The van der Waals surface area contributed by atoms with Crippen LogP contribution in [0.3, 0.4) is 0 Å². The summed E-state index contributed by atoms with van der Waals surface area (Å²) in [5, 5.41) is 7.47. The van der Waals surface area contributed by atoms with Crippen molar-refractivity contribution in [3.63, 3.8) is 0 Å². The summed E-state index contributed by atoms with van der Waals surface area (Å²) in [6.45, 7) is -0.0598. The highest BCUT2D eigenvalue weighted by Crippen LogP contribution is 2.51. The summed E-state index contributed by atoms with van der Waals surface area (Å²) < 4.78 is 0. The molecule has 4 heterocycles. The van der Waals surface area contributed by atoms with Crippen LogP contribution in [-0.2, 0) is 0 Å². The van der Waals surface area contributed by atoms with E-state index in [2.05, 4.69) is 323 Å². The van der Waals surface area contributed by atoms with Gasteiger partial charge in [-0.2, -0.15) is 0 Å². The van der Waals surface area contributed by atoms with E-state index in [4.69, 9.17) is 0 Å². The molecule has 14 aromatic carbocycles. The molecule has 0 amide bonds. The van der Waals surface area contributed by atoms with E-state index >= 15 is 0 Å². The maximum Gasteiger partial charge on any atom is 0.249 e. The first-order valence-corrected chi connectivity index (χ1v) is 31.2. The van der Waals surface area contributed by atoms with Crippen molar-refractivity contribution in [3.8, 4) is 0 Å². The number of hydrogen-bond acceptors (Lipinski definition) is 6. The summed E-state index contributed by atoms with van der Waals surface area (Å²) in [6, 6.07) is 113. The van der Waals surface area contributed by atoms with Crippen molar-refractivity contribution >= 4 is 170 Å². The minimum atomic E-state index is -0.0299. The second kappa shape index (κ2) is 19.7. The Kier molecular flexibility index (Phi) is 11.3. The molecule has 4 aliphatic rings. The summed E-state index contributed by atoms with van der Waals surface area (Å²) in [7, 11) is 0. The Morgan fingerprint density at radius 1 is 0.233 bits per heavy atom. The average Bonchev–Trinajstić information content (AvgIpc) is 0.734. The molecule has 4 aliphatic heterocycles. The van der Waals surface area contributed by atoms with Gasteiger partial charge in [0.2, 0.25) is 13.4 Å². The minimum absolute atomic E-state index is 0.0299. The molecular weight excluding hydrogens is 1080 g/mol. The Morgan fingerprint density at radius 3 is 0.919 bits per heavy atom. The number of fused-ring (bicyclic) bond motifs is 14. The van der Waals surface area contributed by atoms with Gasteiger partial charge in [-0.3, -0.25) is 0 Å². The second-order valence-corrected chi connectivity index (χ2v) is 24.9. The third-order valence-corrected chi connectivity index (χ3v) is 20.3. The minimum Gasteiger partial charge on any atom is -0.311 e. The van der Waals surface area contributed by atoms with E-state index < -0.39 is 0 Å². The fourth-order valence-corrected chi connectivity index (χ4v) is 16.9. The first kappa shape index (κ1) is 49.3. The van der Waals surface area contributed by atoms with Crippen molar-refractivity contribution in [2.75, 3.05) is 19.6 Å². The van der Waals surface area contributed by atoms with Crippen molar-refractivity contribution in [2.45, 2.75) is 19.6 Å². The molecule has 86 heavy (non-hydrogen) atoms. The summed E-state index contributed by atoms with van der Waals surface area (Å²) in [5.41, 5.74) is 21.7. The summed E-state index contributed by atoms with van der Waals surface area (Å²) in [4.78, 5) is 15.1. The first-order valence-electron chi connectivity index (χ1n) is 29.5. The molecule has 18 rings (SSSR count). The summed E-state index contributed by atoms with van der Waals surface area (Å²) >= 11 is 3.80. The lowest BCUT2D eigenvalue weighted by Gasteiger charge is -2.42. The molecule has 8 heteroatoms. The fourth-order valence-electron chi connectivity index (χ4n) is 14.5. The Balaban J connectivity index is 0.919. The van der Waals surface area contributed by atoms with Crippen molar-refractivity contribution < 1.29 is 0 Å². The fraction of sp³-hybridized carbons (Fsp3) is 0. The lowest BCUT2D eigenvalue weighted by atomic mass is 9.34. The molecule has 0 aromatic heterocycles. The molecule has 0 bridgehead atoms. The van der Waals surface area contributed by atoms with Crippen molar-refractivity contribution in [2.24, 2.45) is 0 Å². The number of para-hydroxylation sites is 6. The van der Waals surface area contributed by atoms with Gasteiger partial charge in [0.1, 0.15) is 0 Å². The normalized spacial score (nSPS) is 13.2. The quantitative estimate of drug-likeness (QED) is 0.110. The van der Waals surface area contributed by atoms with Crippen LogP contribution in [0, 0.1) is 0 Å². The van der Waals surface area contributed by atoms with E-state index in [1.54, 1.807) is 0 Å². The molecule has 0 N–H and O–H groups in total. The molecule has 4 nitrogen and oxygen atoms in total. The van der Waals surface area contributed by atoms with Crippen LogP contribution in [-0.4, -0.2) is 13.4 Å². The van der Waals surface area contributed by atoms with Gasteiger partial charge < -0.3 is 19.6 Å². The van der Waals surface area contributed by atoms with E-state index in [-0.39, 0.29) is 13.4 Å². The van der Waals surface area contributed by atoms with Gasteiger partial charge in [-0.05, 0) is 175 Å². The number of benzene rings is 14. The van der Waals surface area contributed by atoms with Crippen LogP contribution in [0.15, 0.2) is 323 Å². The molecule has 0 atom stereocenters. The second-order valence-electron chi connectivity index (χ2n) is 22.7. The molecule has 14 aromatic rings. The lowest BCUT2D eigenvalue weighted by Crippen LogP contribution is -2.60. The largest absolute Gasteiger partial charge is 0.311 e. The van der Waals surface area contributed by atoms with Crippen LogP contribution in [0.5, 0.6) is 0 Å². The zero-order valence-electron chi connectivity index (χ0n) is 46.6. The maximum atomic E-state index is 2.61. The van der Waals surface area contributed by atoms with Gasteiger partial charge in [-0.15, -0.1) is 0 Å². The highest BCUT2D eigenvalue weighted by molar-refractivity contribution is 8.00. The number of rotatable bonds is 8. The monoisotopic (exact) mass is 1130 g/mol. The van der Waals surface area contributed by atoms with Crippen LogP contribution in [0.25, 0.3) is 32.3 Å². The number of nitrogens with zero attached hydrogens (tertiary/aromatic N) is 4. The van der Waals surface area contributed by atoms with Gasteiger partial charge in [-0.1, -0.05) is 216 Å². The molecule has 0 aliphatic carbocycles. The molecule has 0 fully saturated rings. The molecule has 0 saturated carbocycles. The zero-order chi connectivity index (χ0) is 56.4. The van der Waals surface area contributed by atoms with Crippen molar-refractivity contribution in [3.05, 3.63) is 303 Å². The predicted octanol–water partition coefficient (Wildman–Crippen LogP) is 17.6.